The van der Waals surface area contributed by atoms with Crippen molar-refractivity contribution < 1.29 is 21.6 Å². The van der Waals surface area contributed by atoms with Crippen molar-refractivity contribution in [1.29, 1.82) is 0 Å². The molecule has 0 unspecified atom stereocenters. The average Bonchev–Trinajstić information content (AvgIpc) is 2.32. The maximum absolute atomic E-state index is 13.5. The predicted octanol–water partition coefficient (Wildman–Crippen LogP) is 2.66. The highest BCUT2D eigenvalue weighted by atomic mass is 32.2. The smallest absolute Gasteiger partial charge is 0.184 e. The number of rotatable bonds is 3. The summed E-state index contributed by atoms with van der Waals surface area (Å²) < 4.78 is 63.3. The van der Waals surface area contributed by atoms with Crippen molar-refractivity contribution in [2.45, 2.75) is 10.6 Å². The lowest BCUT2D eigenvalue weighted by Gasteiger charge is -2.08. The number of halogens is 3. The molecule has 3 nitrogen and oxygen atoms in total. The minimum Gasteiger partial charge on any atom is -0.398 e. The quantitative estimate of drug-likeness (QED) is 0.700. The normalized spacial score (nSPS) is 11.6. The van der Waals surface area contributed by atoms with Crippen molar-refractivity contribution in [2.75, 3.05) is 5.73 Å². The first-order chi connectivity index (χ1) is 9.29. The van der Waals surface area contributed by atoms with E-state index in [2.05, 4.69) is 0 Å². The van der Waals surface area contributed by atoms with Gasteiger partial charge in [0.2, 0.25) is 0 Å². The molecule has 0 spiro atoms. The molecule has 0 radical (unpaired) electrons. The fourth-order valence-corrected chi connectivity index (χ4v) is 3.22. The molecule has 0 amide bonds. The fourth-order valence-electron chi connectivity index (χ4n) is 1.72. The summed E-state index contributed by atoms with van der Waals surface area (Å²) in [6, 6.07) is 5.43. The topological polar surface area (TPSA) is 60.2 Å². The summed E-state index contributed by atoms with van der Waals surface area (Å²) in [5.41, 5.74) is 5.01. The van der Waals surface area contributed by atoms with E-state index in [-0.39, 0.29) is 16.1 Å². The van der Waals surface area contributed by atoms with Gasteiger partial charge in [-0.05, 0) is 24.3 Å². The number of hydrogen-bond donors (Lipinski definition) is 1. The molecular weight excluding hydrogens is 291 g/mol. The van der Waals surface area contributed by atoms with Crippen LogP contribution in [0.5, 0.6) is 0 Å². The Kier molecular flexibility index (Phi) is 3.71. The standard InChI is InChI=1S/C13H10F3NO2S/c14-9-2-1-8(11(16)5-9)7-20(18,19)13-4-3-10(15)6-12(13)17/h1-6H,7,17H2. The van der Waals surface area contributed by atoms with Crippen molar-refractivity contribution in [3.05, 3.63) is 59.4 Å². The molecule has 7 heteroatoms. The minimum absolute atomic E-state index is 0.185. The number of anilines is 1. The molecule has 0 heterocycles. The van der Waals surface area contributed by atoms with Gasteiger partial charge in [-0.2, -0.15) is 0 Å². The van der Waals surface area contributed by atoms with Crippen LogP contribution in [-0.4, -0.2) is 8.42 Å². The Morgan fingerprint density at radius 2 is 1.55 bits per heavy atom. The van der Waals surface area contributed by atoms with E-state index < -0.39 is 33.0 Å². The van der Waals surface area contributed by atoms with E-state index in [0.29, 0.717) is 6.07 Å². The molecule has 0 aromatic heterocycles. The van der Waals surface area contributed by atoms with E-state index in [1.165, 1.54) is 0 Å². The van der Waals surface area contributed by atoms with Crippen LogP contribution in [0.15, 0.2) is 41.3 Å². The molecule has 0 aliphatic rings. The van der Waals surface area contributed by atoms with Crippen LogP contribution >= 0.6 is 0 Å². The molecule has 0 saturated heterocycles. The zero-order chi connectivity index (χ0) is 14.9. The fraction of sp³-hybridized carbons (Fsp3) is 0.0769. The zero-order valence-corrected chi connectivity index (χ0v) is 10.9. The van der Waals surface area contributed by atoms with Gasteiger partial charge in [0.05, 0.1) is 16.3 Å². The molecule has 0 atom stereocenters. The highest BCUT2D eigenvalue weighted by Crippen LogP contribution is 2.24. The Morgan fingerprint density at radius 1 is 0.950 bits per heavy atom. The molecule has 0 aliphatic heterocycles. The lowest BCUT2D eigenvalue weighted by atomic mass is 10.2. The van der Waals surface area contributed by atoms with Gasteiger partial charge in [0.25, 0.3) is 0 Å². The van der Waals surface area contributed by atoms with Gasteiger partial charge in [0.15, 0.2) is 9.84 Å². The van der Waals surface area contributed by atoms with E-state index in [0.717, 1.165) is 30.3 Å². The van der Waals surface area contributed by atoms with Gasteiger partial charge in [0.1, 0.15) is 17.5 Å². The predicted molar refractivity (Wildman–Crippen MR) is 68.1 cm³/mol. The van der Waals surface area contributed by atoms with Crippen LogP contribution < -0.4 is 5.73 Å². The van der Waals surface area contributed by atoms with Gasteiger partial charge in [-0.15, -0.1) is 0 Å². The average molecular weight is 301 g/mol. The largest absolute Gasteiger partial charge is 0.398 e. The molecule has 20 heavy (non-hydrogen) atoms. The summed E-state index contributed by atoms with van der Waals surface area (Å²) in [4.78, 5) is -0.289. The van der Waals surface area contributed by atoms with E-state index in [4.69, 9.17) is 5.73 Å². The molecule has 2 rings (SSSR count). The van der Waals surface area contributed by atoms with Gasteiger partial charge < -0.3 is 5.73 Å². The summed E-state index contributed by atoms with van der Waals surface area (Å²) in [6.07, 6.45) is 0. The van der Waals surface area contributed by atoms with Crippen LogP contribution in [0.25, 0.3) is 0 Å². The molecule has 0 bridgehead atoms. The molecule has 2 aromatic carbocycles. The van der Waals surface area contributed by atoms with E-state index in [9.17, 15) is 21.6 Å². The Balaban J connectivity index is 2.41. The maximum atomic E-state index is 13.5. The minimum atomic E-state index is -3.95. The van der Waals surface area contributed by atoms with Crippen LogP contribution in [0.3, 0.4) is 0 Å². The number of nitrogens with two attached hydrogens (primary N) is 1. The summed E-state index contributed by atoms with van der Waals surface area (Å²) in [6.45, 7) is 0. The van der Waals surface area contributed by atoms with Gasteiger partial charge in [-0.1, -0.05) is 6.07 Å². The van der Waals surface area contributed by atoms with Crippen molar-refractivity contribution in [3.63, 3.8) is 0 Å². The number of nitrogen functional groups attached to an aromatic ring is 1. The second-order valence-corrected chi connectivity index (χ2v) is 6.13. The van der Waals surface area contributed by atoms with Crippen molar-refractivity contribution in [1.82, 2.24) is 0 Å². The van der Waals surface area contributed by atoms with Crippen LogP contribution in [0, 0.1) is 17.5 Å². The van der Waals surface area contributed by atoms with Crippen LogP contribution in [-0.2, 0) is 15.6 Å². The Hall–Kier alpha value is -2.02. The lowest BCUT2D eigenvalue weighted by molar-refractivity contribution is 0.569. The summed E-state index contributed by atoms with van der Waals surface area (Å²) in [5.74, 6) is -3.12. The zero-order valence-electron chi connectivity index (χ0n) is 10.1. The summed E-state index contributed by atoms with van der Waals surface area (Å²) in [7, 11) is -3.95. The molecule has 0 fully saturated rings. The SMILES string of the molecule is Nc1cc(F)ccc1S(=O)(=O)Cc1ccc(F)cc1F. The van der Waals surface area contributed by atoms with Crippen molar-refractivity contribution in [3.8, 4) is 0 Å². The van der Waals surface area contributed by atoms with E-state index >= 15 is 0 Å². The maximum Gasteiger partial charge on any atom is 0.184 e. The second-order valence-electron chi connectivity index (χ2n) is 4.18. The van der Waals surface area contributed by atoms with Gasteiger partial charge in [0, 0.05) is 11.6 Å². The molecule has 106 valence electrons. The highest BCUT2D eigenvalue weighted by Gasteiger charge is 2.20. The first-order valence-corrected chi connectivity index (χ1v) is 7.16. The molecule has 2 N–H and O–H groups in total. The molecule has 0 saturated carbocycles. The first kappa shape index (κ1) is 14.4. The summed E-state index contributed by atoms with van der Waals surface area (Å²) >= 11 is 0. The third-order valence-corrected chi connectivity index (χ3v) is 4.40. The third-order valence-electron chi connectivity index (χ3n) is 2.67. The van der Waals surface area contributed by atoms with Crippen LogP contribution in [0.1, 0.15) is 5.56 Å². The molecule has 2 aromatic rings. The molecular formula is C13H10F3NO2S. The Labute approximate surface area is 113 Å². The van der Waals surface area contributed by atoms with Gasteiger partial charge in [-0.25, -0.2) is 21.6 Å². The number of sulfone groups is 1. The van der Waals surface area contributed by atoms with Crippen LogP contribution in [0.4, 0.5) is 18.9 Å². The number of hydrogen-bond acceptors (Lipinski definition) is 3. The monoisotopic (exact) mass is 301 g/mol. The van der Waals surface area contributed by atoms with Crippen molar-refractivity contribution >= 4 is 15.5 Å². The third kappa shape index (κ3) is 2.93. The second kappa shape index (κ2) is 5.16. The number of benzene rings is 2. The lowest BCUT2D eigenvalue weighted by Crippen LogP contribution is -2.09. The summed E-state index contributed by atoms with van der Waals surface area (Å²) in [5, 5.41) is 0. The Morgan fingerprint density at radius 3 is 2.15 bits per heavy atom. The highest BCUT2D eigenvalue weighted by molar-refractivity contribution is 7.90. The molecule has 0 aliphatic carbocycles. The van der Waals surface area contributed by atoms with E-state index in [1.54, 1.807) is 0 Å². The first-order valence-electron chi connectivity index (χ1n) is 5.51. The van der Waals surface area contributed by atoms with Crippen LogP contribution in [0.2, 0.25) is 0 Å². The Bertz CT molecular complexity index is 760. The van der Waals surface area contributed by atoms with E-state index in [1.807, 2.05) is 0 Å². The van der Waals surface area contributed by atoms with Gasteiger partial charge in [-0.3, -0.25) is 0 Å². The van der Waals surface area contributed by atoms with Crippen molar-refractivity contribution in [2.24, 2.45) is 0 Å². The van der Waals surface area contributed by atoms with Gasteiger partial charge >= 0.3 is 0 Å².